The fourth-order valence-electron chi connectivity index (χ4n) is 3.48. The molecule has 0 radical (unpaired) electrons. The van der Waals surface area contributed by atoms with Crippen molar-refractivity contribution in [2.75, 3.05) is 5.32 Å². The minimum Gasteiger partial charge on any atom is -0.480 e. The van der Waals surface area contributed by atoms with Crippen molar-refractivity contribution in [3.05, 3.63) is 52.1 Å². The molecule has 3 N–H and O–H groups in total. The number of carboxylic acid groups (broad SMARTS) is 1. The molecule has 28 heavy (non-hydrogen) atoms. The van der Waals surface area contributed by atoms with E-state index in [4.69, 9.17) is 5.11 Å². The Morgan fingerprint density at radius 1 is 0.857 bits per heavy atom. The highest BCUT2D eigenvalue weighted by atomic mass is 16.4. The van der Waals surface area contributed by atoms with Gasteiger partial charge in [0.1, 0.15) is 6.04 Å². The highest BCUT2D eigenvalue weighted by molar-refractivity contribution is 6.00. The van der Waals surface area contributed by atoms with Gasteiger partial charge >= 0.3 is 5.97 Å². The summed E-state index contributed by atoms with van der Waals surface area (Å²) in [5, 5.41) is 15.0. The Kier molecular flexibility index (Phi) is 6.49. The average Bonchev–Trinajstić information content (AvgIpc) is 2.61. The average molecular weight is 383 g/mol. The first kappa shape index (κ1) is 21.5. The van der Waals surface area contributed by atoms with Crippen LogP contribution in [0.3, 0.4) is 0 Å². The van der Waals surface area contributed by atoms with Crippen LogP contribution < -0.4 is 10.6 Å². The lowest BCUT2D eigenvalue weighted by Gasteiger charge is -2.21. The molecule has 5 nitrogen and oxygen atoms in total. The molecule has 2 aromatic carbocycles. The molecule has 0 aliphatic carbocycles. The number of rotatable bonds is 6. The van der Waals surface area contributed by atoms with Gasteiger partial charge < -0.3 is 15.7 Å². The van der Waals surface area contributed by atoms with Crippen LogP contribution in [0.1, 0.15) is 53.4 Å². The summed E-state index contributed by atoms with van der Waals surface area (Å²) in [6.07, 6.45) is 0. The third-order valence-electron chi connectivity index (χ3n) is 5.20. The molecule has 2 aromatic rings. The summed E-state index contributed by atoms with van der Waals surface area (Å²) in [5.74, 6) is -1.40. The molecule has 0 fully saturated rings. The Hall–Kier alpha value is -2.82. The molecule has 0 aliphatic rings. The zero-order chi connectivity index (χ0) is 21.2. The van der Waals surface area contributed by atoms with E-state index < -0.39 is 12.0 Å². The van der Waals surface area contributed by atoms with Gasteiger partial charge in [0.2, 0.25) is 0 Å². The van der Waals surface area contributed by atoms with Crippen LogP contribution >= 0.6 is 0 Å². The Bertz CT molecular complexity index is 870. The second-order valence-corrected chi connectivity index (χ2v) is 7.66. The summed E-state index contributed by atoms with van der Waals surface area (Å²) < 4.78 is 0. The number of hydrogen-bond donors (Lipinski definition) is 3. The molecule has 1 amide bonds. The summed E-state index contributed by atoms with van der Waals surface area (Å²) in [7, 11) is 0. The predicted molar refractivity (Wildman–Crippen MR) is 114 cm³/mol. The van der Waals surface area contributed by atoms with Crippen molar-refractivity contribution in [1.82, 2.24) is 5.32 Å². The van der Waals surface area contributed by atoms with Gasteiger partial charge in [0.05, 0.1) is 0 Å². The molecule has 0 saturated heterocycles. The van der Waals surface area contributed by atoms with E-state index in [-0.39, 0.29) is 5.91 Å². The first-order valence-corrected chi connectivity index (χ1v) is 9.55. The molecule has 0 heterocycles. The second-order valence-electron chi connectivity index (χ2n) is 7.66. The van der Waals surface area contributed by atoms with E-state index in [0.29, 0.717) is 11.6 Å². The highest BCUT2D eigenvalue weighted by Crippen LogP contribution is 2.35. The lowest BCUT2D eigenvalue weighted by atomic mass is 9.85. The van der Waals surface area contributed by atoms with Gasteiger partial charge in [0, 0.05) is 17.3 Å². The molecule has 1 atom stereocenters. The maximum Gasteiger partial charge on any atom is 0.325 e. The Morgan fingerprint density at radius 3 is 1.79 bits per heavy atom. The zero-order valence-electron chi connectivity index (χ0n) is 17.7. The number of carbonyl (C=O) groups excluding carboxylic acids is 1. The highest BCUT2D eigenvalue weighted by Gasteiger charge is 2.23. The monoisotopic (exact) mass is 382 g/mol. The molecule has 0 aromatic heterocycles. The maximum absolute atomic E-state index is 12.7. The number of nitrogens with one attached hydrogen (secondary N) is 2. The summed E-state index contributed by atoms with van der Waals surface area (Å²) >= 11 is 0. The lowest BCUT2D eigenvalue weighted by molar-refractivity contribution is -0.138. The van der Waals surface area contributed by atoms with E-state index in [2.05, 4.69) is 48.7 Å². The molecular formula is C23H30N2O3. The Labute approximate surface area is 167 Å². The van der Waals surface area contributed by atoms with Crippen LogP contribution in [0.15, 0.2) is 24.3 Å². The van der Waals surface area contributed by atoms with E-state index in [1.807, 2.05) is 27.7 Å². The van der Waals surface area contributed by atoms with E-state index in [1.165, 1.54) is 6.92 Å². The van der Waals surface area contributed by atoms with Gasteiger partial charge in [-0.25, -0.2) is 0 Å². The van der Waals surface area contributed by atoms with Gasteiger partial charge in [0.15, 0.2) is 0 Å². The number of benzene rings is 2. The molecule has 2 rings (SSSR count). The molecule has 0 aliphatic heterocycles. The van der Waals surface area contributed by atoms with Crippen LogP contribution in [0.4, 0.5) is 5.69 Å². The topological polar surface area (TPSA) is 78.4 Å². The van der Waals surface area contributed by atoms with E-state index >= 15 is 0 Å². The van der Waals surface area contributed by atoms with Crippen molar-refractivity contribution in [3.63, 3.8) is 0 Å². The normalized spacial score (nSPS) is 12.0. The molecule has 150 valence electrons. The van der Waals surface area contributed by atoms with Gasteiger partial charge in [-0.05, 0) is 94.0 Å². The zero-order valence-corrected chi connectivity index (χ0v) is 17.7. The SMILES string of the molecule is Cc1c(C)c(-c2ccc(NC(C)C)cc2)c(C)c(C)c1C(=O)NC(C)C(=O)O. The quantitative estimate of drug-likeness (QED) is 0.682. The minimum absolute atomic E-state index is 0.348. The molecule has 1 unspecified atom stereocenters. The lowest BCUT2D eigenvalue weighted by Crippen LogP contribution is -2.39. The van der Waals surface area contributed by atoms with Gasteiger partial charge in [-0.15, -0.1) is 0 Å². The Balaban J connectivity index is 2.49. The van der Waals surface area contributed by atoms with Crippen LogP contribution in [-0.2, 0) is 4.79 Å². The van der Waals surface area contributed by atoms with E-state index in [0.717, 1.165) is 39.1 Å². The summed E-state index contributed by atoms with van der Waals surface area (Å²) in [6.45, 7) is 13.5. The largest absolute Gasteiger partial charge is 0.480 e. The summed E-state index contributed by atoms with van der Waals surface area (Å²) in [5.41, 5.74) is 7.65. The van der Waals surface area contributed by atoms with Crippen molar-refractivity contribution >= 4 is 17.6 Å². The van der Waals surface area contributed by atoms with Gasteiger partial charge in [-0.1, -0.05) is 12.1 Å². The third-order valence-corrected chi connectivity index (χ3v) is 5.20. The fourth-order valence-corrected chi connectivity index (χ4v) is 3.48. The Morgan fingerprint density at radius 2 is 1.36 bits per heavy atom. The van der Waals surface area contributed by atoms with Crippen LogP contribution in [-0.4, -0.2) is 29.1 Å². The number of carbonyl (C=O) groups is 2. The van der Waals surface area contributed by atoms with Crippen LogP contribution in [0.5, 0.6) is 0 Å². The van der Waals surface area contributed by atoms with Crippen molar-refractivity contribution in [2.24, 2.45) is 0 Å². The van der Waals surface area contributed by atoms with Crippen LogP contribution in [0.2, 0.25) is 0 Å². The molecule has 0 spiro atoms. The summed E-state index contributed by atoms with van der Waals surface area (Å²) in [6, 6.07) is 7.73. The number of carboxylic acids is 1. The molecule has 5 heteroatoms. The number of amides is 1. The van der Waals surface area contributed by atoms with Crippen molar-refractivity contribution in [2.45, 2.75) is 60.5 Å². The number of hydrogen-bond acceptors (Lipinski definition) is 3. The fraction of sp³-hybridized carbons (Fsp3) is 0.391. The van der Waals surface area contributed by atoms with Gasteiger partial charge in [-0.2, -0.15) is 0 Å². The standard InChI is InChI=1S/C23H30N2O3/c1-12(2)24-19-10-8-18(9-11-19)20-13(3)15(5)21(16(6)14(20)4)22(26)25-17(7)23(27)28/h8-12,17,24H,1-7H3,(H,25,26)(H,27,28). The second kappa shape index (κ2) is 8.46. The molecular weight excluding hydrogens is 352 g/mol. The van der Waals surface area contributed by atoms with Crippen LogP contribution in [0, 0.1) is 27.7 Å². The van der Waals surface area contributed by atoms with Crippen molar-refractivity contribution < 1.29 is 14.7 Å². The molecule has 0 bridgehead atoms. The third kappa shape index (κ3) is 4.35. The minimum atomic E-state index is -1.05. The number of aliphatic carboxylic acids is 1. The maximum atomic E-state index is 12.7. The van der Waals surface area contributed by atoms with Crippen LogP contribution in [0.25, 0.3) is 11.1 Å². The molecule has 0 saturated carbocycles. The van der Waals surface area contributed by atoms with Gasteiger partial charge in [0.25, 0.3) is 5.91 Å². The first-order chi connectivity index (χ1) is 13.0. The predicted octanol–water partition coefficient (Wildman–Crippen LogP) is 4.61. The van der Waals surface area contributed by atoms with Gasteiger partial charge in [-0.3, -0.25) is 9.59 Å². The van der Waals surface area contributed by atoms with E-state index in [9.17, 15) is 9.59 Å². The van der Waals surface area contributed by atoms with Crippen molar-refractivity contribution in [3.8, 4) is 11.1 Å². The number of anilines is 1. The smallest absolute Gasteiger partial charge is 0.325 e. The van der Waals surface area contributed by atoms with E-state index in [1.54, 1.807) is 0 Å². The van der Waals surface area contributed by atoms with Crippen molar-refractivity contribution in [1.29, 1.82) is 0 Å². The summed E-state index contributed by atoms with van der Waals surface area (Å²) in [4.78, 5) is 23.8. The first-order valence-electron chi connectivity index (χ1n) is 9.55.